The molecule has 0 saturated heterocycles. The third kappa shape index (κ3) is 4.57. The van der Waals surface area contributed by atoms with Gasteiger partial charge in [-0.15, -0.1) is 0 Å². The van der Waals surface area contributed by atoms with Crippen LogP contribution in [-0.2, 0) is 4.79 Å². The van der Waals surface area contributed by atoms with E-state index in [1.807, 2.05) is 13.8 Å². The number of urea groups is 1. The van der Waals surface area contributed by atoms with Crippen molar-refractivity contribution < 1.29 is 14.7 Å². The molecule has 1 aromatic heterocycles. The Morgan fingerprint density at radius 2 is 2.11 bits per heavy atom. The van der Waals surface area contributed by atoms with E-state index in [0.29, 0.717) is 12.2 Å². The van der Waals surface area contributed by atoms with Crippen LogP contribution in [0, 0.1) is 5.92 Å². The molecule has 0 atom stereocenters. The maximum atomic E-state index is 12.3. The Hall–Kier alpha value is -2.11. The second kappa shape index (κ2) is 6.72. The summed E-state index contributed by atoms with van der Waals surface area (Å²) in [6.07, 6.45) is 3.18. The maximum absolute atomic E-state index is 12.3. The van der Waals surface area contributed by atoms with Crippen molar-refractivity contribution in [1.82, 2.24) is 9.88 Å². The van der Waals surface area contributed by atoms with Crippen LogP contribution >= 0.6 is 0 Å². The summed E-state index contributed by atoms with van der Waals surface area (Å²) in [6, 6.07) is 3.13. The highest BCUT2D eigenvalue weighted by atomic mass is 16.4. The molecule has 2 amide bonds. The van der Waals surface area contributed by atoms with Gasteiger partial charge in [0.1, 0.15) is 6.54 Å². The summed E-state index contributed by atoms with van der Waals surface area (Å²) in [4.78, 5) is 29.8. The number of hydrogen-bond donors (Lipinski definition) is 1. The van der Waals surface area contributed by atoms with Gasteiger partial charge in [-0.3, -0.25) is 14.7 Å². The molecular weight excluding hydrogens is 246 g/mol. The molecule has 104 valence electrons. The lowest BCUT2D eigenvalue weighted by molar-refractivity contribution is -0.137. The SMILES string of the molecule is CC(C)CN(CC(=O)O)C(=O)N(C)c1cccnc1. The molecule has 19 heavy (non-hydrogen) atoms. The topological polar surface area (TPSA) is 73.7 Å². The fourth-order valence-electron chi connectivity index (χ4n) is 1.69. The number of hydrogen-bond acceptors (Lipinski definition) is 3. The van der Waals surface area contributed by atoms with Gasteiger partial charge in [0.25, 0.3) is 0 Å². The van der Waals surface area contributed by atoms with Gasteiger partial charge in [-0.05, 0) is 18.1 Å². The molecule has 0 aromatic carbocycles. The van der Waals surface area contributed by atoms with E-state index in [0.717, 1.165) is 0 Å². The minimum atomic E-state index is -1.02. The zero-order chi connectivity index (χ0) is 14.4. The summed E-state index contributed by atoms with van der Waals surface area (Å²) in [6.45, 7) is 3.97. The second-order valence-corrected chi connectivity index (χ2v) is 4.72. The fourth-order valence-corrected chi connectivity index (χ4v) is 1.69. The van der Waals surface area contributed by atoms with Crippen molar-refractivity contribution in [2.75, 3.05) is 25.0 Å². The van der Waals surface area contributed by atoms with E-state index in [2.05, 4.69) is 4.98 Å². The van der Waals surface area contributed by atoms with Gasteiger partial charge in [-0.1, -0.05) is 13.8 Å². The summed E-state index contributed by atoms with van der Waals surface area (Å²) in [5, 5.41) is 8.87. The van der Waals surface area contributed by atoms with E-state index < -0.39 is 5.97 Å². The number of aromatic nitrogens is 1. The number of carbonyl (C=O) groups is 2. The van der Waals surface area contributed by atoms with Crippen LogP contribution in [0.25, 0.3) is 0 Å². The molecule has 0 fully saturated rings. The van der Waals surface area contributed by atoms with Crippen LogP contribution in [0.2, 0.25) is 0 Å². The second-order valence-electron chi connectivity index (χ2n) is 4.72. The third-order valence-corrected chi connectivity index (χ3v) is 2.50. The first-order valence-electron chi connectivity index (χ1n) is 6.06. The summed E-state index contributed by atoms with van der Waals surface area (Å²) < 4.78 is 0. The van der Waals surface area contributed by atoms with Crippen molar-refractivity contribution in [3.63, 3.8) is 0 Å². The minimum Gasteiger partial charge on any atom is -0.480 e. The Kier molecular flexibility index (Phi) is 5.29. The summed E-state index contributed by atoms with van der Waals surface area (Å²) in [7, 11) is 1.61. The van der Waals surface area contributed by atoms with Gasteiger partial charge in [-0.25, -0.2) is 4.79 Å². The molecule has 6 heteroatoms. The smallest absolute Gasteiger partial charge is 0.324 e. The largest absolute Gasteiger partial charge is 0.480 e. The standard InChI is InChI=1S/C13H19N3O3/c1-10(2)8-16(9-12(17)18)13(19)15(3)11-5-4-6-14-7-11/h4-7,10H,8-9H2,1-3H3,(H,17,18). The van der Waals surface area contributed by atoms with Crippen LogP contribution in [0.5, 0.6) is 0 Å². The molecule has 6 nitrogen and oxygen atoms in total. The number of nitrogens with zero attached hydrogens (tertiary/aromatic N) is 3. The zero-order valence-electron chi connectivity index (χ0n) is 11.4. The predicted octanol–water partition coefficient (Wildman–Crippen LogP) is 1.68. The molecule has 1 aromatic rings. The van der Waals surface area contributed by atoms with Crippen molar-refractivity contribution in [3.05, 3.63) is 24.5 Å². The van der Waals surface area contributed by atoms with E-state index in [1.54, 1.807) is 31.6 Å². The van der Waals surface area contributed by atoms with Gasteiger partial charge >= 0.3 is 12.0 Å². The van der Waals surface area contributed by atoms with Gasteiger partial charge in [-0.2, -0.15) is 0 Å². The van der Waals surface area contributed by atoms with Gasteiger partial charge in [0.2, 0.25) is 0 Å². The van der Waals surface area contributed by atoms with Crippen molar-refractivity contribution in [1.29, 1.82) is 0 Å². The molecule has 0 spiro atoms. The first kappa shape index (κ1) is 14.9. The van der Waals surface area contributed by atoms with Crippen LogP contribution in [0.15, 0.2) is 24.5 Å². The highest BCUT2D eigenvalue weighted by Gasteiger charge is 2.22. The molecule has 0 saturated carbocycles. The van der Waals surface area contributed by atoms with E-state index >= 15 is 0 Å². The number of carboxylic acid groups (broad SMARTS) is 1. The molecule has 0 aliphatic heterocycles. The molecule has 1 N–H and O–H groups in total. The molecular formula is C13H19N3O3. The lowest BCUT2D eigenvalue weighted by Gasteiger charge is -2.28. The lowest BCUT2D eigenvalue weighted by atomic mass is 10.2. The number of anilines is 1. The number of amides is 2. The summed E-state index contributed by atoms with van der Waals surface area (Å²) in [5.41, 5.74) is 0.631. The summed E-state index contributed by atoms with van der Waals surface area (Å²) >= 11 is 0. The highest BCUT2D eigenvalue weighted by molar-refractivity contribution is 5.93. The van der Waals surface area contributed by atoms with Crippen molar-refractivity contribution >= 4 is 17.7 Å². The Morgan fingerprint density at radius 3 is 2.58 bits per heavy atom. The predicted molar refractivity (Wildman–Crippen MR) is 72.1 cm³/mol. The van der Waals surface area contributed by atoms with Crippen molar-refractivity contribution in [3.8, 4) is 0 Å². The molecule has 1 heterocycles. The first-order valence-corrected chi connectivity index (χ1v) is 6.06. The van der Waals surface area contributed by atoms with E-state index in [4.69, 9.17) is 5.11 Å². The third-order valence-electron chi connectivity index (χ3n) is 2.50. The molecule has 0 aliphatic rings. The highest BCUT2D eigenvalue weighted by Crippen LogP contribution is 2.12. The molecule has 0 bridgehead atoms. The van der Waals surface area contributed by atoms with Crippen molar-refractivity contribution in [2.24, 2.45) is 5.92 Å². The van der Waals surface area contributed by atoms with Crippen LogP contribution in [0.3, 0.4) is 0 Å². The Labute approximate surface area is 112 Å². The zero-order valence-corrected chi connectivity index (χ0v) is 11.4. The van der Waals surface area contributed by atoms with Crippen molar-refractivity contribution in [2.45, 2.75) is 13.8 Å². The van der Waals surface area contributed by atoms with E-state index in [1.165, 1.54) is 9.80 Å². The van der Waals surface area contributed by atoms with Gasteiger partial charge in [0.05, 0.1) is 11.9 Å². The average Bonchev–Trinajstić information content (AvgIpc) is 2.36. The van der Waals surface area contributed by atoms with Gasteiger partial charge < -0.3 is 10.0 Å². The van der Waals surface area contributed by atoms with Crippen LogP contribution in [-0.4, -0.2) is 47.1 Å². The lowest BCUT2D eigenvalue weighted by Crippen LogP contribution is -2.45. The average molecular weight is 265 g/mol. The number of carboxylic acids is 1. The Morgan fingerprint density at radius 1 is 1.42 bits per heavy atom. The molecule has 0 aliphatic carbocycles. The summed E-state index contributed by atoms with van der Waals surface area (Å²) in [5.74, 6) is -0.820. The van der Waals surface area contributed by atoms with Crippen LogP contribution in [0.4, 0.5) is 10.5 Å². The molecule has 1 rings (SSSR count). The number of pyridine rings is 1. The Balaban J connectivity index is 2.83. The first-order chi connectivity index (χ1) is 8.91. The normalized spacial score (nSPS) is 10.3. The van der Waals surface area contributed by atoms with E-state index in [-0.39, 0.29) is 18.5 Å². The number of rotatable bonds is 5. The quantitative estimate of drug-likeness (QED) is 0.879. The minimum absolute atomic E-state index is 0.200. The van der Waals surface area contributed by atoms with E-state index in [9.17, 15) is 9.59 Å². The fraction of sp³-hybridized carbons (Fsp3) is 0.462. The maximum Gasteiger partial charge on any atom is 0.324 e. The molecule has 0 unspecified atom stereocenters. The Bertz CT molecular complexity index is 434. The van der Waals surface area contributed by atoms with Gasteiger partial charge in [0, 0.05) is 19.8 Å². The van der Waals surface area contributed by atoms with Crippen LogP contribution < -0.4 is 4.90 Å². The monoisotopic (exact) mass is 265 g/mol. The van der Waals surface area contributed by atoms with Crippen LogP contribution in [0.1, 0.15) is 13.8 Å². The number of carbonyl (C=O) groups excluding carboxylic acids is 1. The van der Waals surface area contributed by atoms with Gasteiger partial charge in [0.15, 0.2) is 0 Å². The molecule has 0 radical (unpaired) electrons. The number of aliphatic carboxylic acids is 1.